The highest BCUT2D eigenvalue weighted by molar-refractivity contribution is 5.38. The van der Waals surface area contributed by atoms with E-state index in [1.165, 1.54) is 5.56 Å². The lowest BCUT2D eigenvalue weighted by atomic mass is 9.89. The lowest BCUT2D eigenvalue weighted by Crippen LogP contribution is -2.27. The summed E-state index contributed by atoms with van der Waals surface area (Å²) >= 11 is 0. The molecule has 0 saturated carbocycles. The number of aryl methyl sites for hydroxylation is 1. The molecule has 1 atom stereocenters. The number of hydrogen-bond donors (Lipinski definition) is 2. The van der Waals surface area contributed by atoms with Crippen LogP contribution in [-0.2, 0) is 6.42 Å². The van der Waals surface area contributed by atoms with E-state index in [1.807, 2.05) is 18.2 Å². The van der Waals surface area contributed by atoms with Crippen molar-refractivity contribution in [3.05, 3.63) is 29.3 Å². The standard InChI is InChI=1S/C14H20O3/c1-14(2,16)9-17-11-7-6-10-4-3-5-13(15)12(10)8-11/h6-8,13,15-16H,3-5,9H2,1-2H3/t13-/m1/s1. The Morgan fingerprint density at radius 2 is 2.18 bits per heavy atom. The average molecular weight is 236 g/mol. The van der Waals surface area contributed by atoms with E-state index in [9.17, 15) is 10.2 Å². The number of fused-ring (bicyclic) bond motifs is 1. The number of aliphatic hydroxyl groups excluding tert-OH is 1. The van der Waals surface area contributed by atoms with Crippen molar-refractivity contribution in [2.24, 2.45) is 0 Å². The highest BCUT2D eigenvalue weighted by Crippen LogP contribution is 2.32. The van der Waals surface area contributed by atoms with Gasteiger partial charge in [0.25, 0.3) is 0 Å². The van der Waals surface area contributed by atoms with E-state index in [1.54, 1.807) is 13.8 Å². The van der Waals surface area contributed by atoms with Crippen LogP contribution in [0.3, 0.4) is 0 Å². The summed E-state index contributed by atoms with van der Waals surface area (Å²) in [5.41, 5.74) is 1.35. The van der Waals surface area contributed by atoms with Crippen molar-refractivity contribution in [3.8, 4) is 5.75 Å². The smallest absolute Gasteiger partial charge is 0.119 e. The molecule has 0 aliphatic heterocycles. The van der Waals surface area contributed by atoms with Gasteiger partial charge in [0.15, 0.2) is 0 Å². The van der Waals surface area contributed by atoms with Gasteiger partial charge in [-0.1, -0.05) is 6.07 Å². The van der Waals surface area contributed by atoms with Crippen molar-refractivity contribution in [2.45, 2.75) is 44.8 Å². The molecule has 94 valence electrons. The van der Waals surface area contributed by atoms with E-state index in [0.717, 1.165) is 24.8 Å². The molecule has 2 rings (SSSR count). The molecule has 0 amide bonds. The summed E-state index contributed by atoms with van der Waals surface area (Å²) in [6.07, 6.45) is 2.52. The summed E-state index contributed by atoms with van der Waals surface area (Å²) in [7, 11) is 0. The van der Waals surface area contributed by atoms with Gasteiger partial charge in [0, 0.05) is 0 Å². The molecule has 0 fully saturated rings. The van der Waals surface area contributed by atoms with Crippen LogP contribution in [0.5, 0.6) is 5.75 Å². The van der Waals surface area contributed by atoms with Crippen LogP contribution >= 0.6 is 0 Å². The molecule has 3 nitrogen and oxygen atoms in total. The molecular weight excluding hydrogens is 216 g/mol. The fourth-order valence-corrected chi connectivity index (χ4v) is 2.10. The minimum Gasteiger partial charge on any atom is -0.491 e. The number of benzene rings is 1. The molecular formula is C14H20O3. The number of ether oxygens (including phenoxy) is 1. The van der Waals surface area contributed by atoms with Crippen molar-refractivity contribution < 1.29 is 14.9 Å². The van der Waals surface area contributed by atoms with Gasteiger partial charge in [-0.2, -0.15) is 0 Å². The second-order valence-electron chi connectivity index (χ2n) is 5.37. The predicted octanol–water partition coefficient (Wildman–Crippen LogP) is 2.21. The van der Waals surface area contributed by atoms with Gasteiger partial charge in [-0.25, -0.2) is 0 Å². The second kappa shape index (κ2) is 4.67. The highest BCUT2D eigenvalue weighted by Gasteiger charge is 2.19. The Labute approximate surface area is 102 Å². The molecule has 0 bridgehead atoms. The molecule has 17 heavy (non-hydrogen) atoms. The molecule has 1 aliphatic rings. The van der Waals surface area contributed by atoms with Crippen molar-refractivity contribution in [1.29, 1.82) is 0 Å². The Bertz CT molecular complexity index is 393. The molecule has 3 heteroatoms. The monoisotopic (exact) mass is 236 g/mol. The van der Waals surface area contributed by atoms with Crippen molar-refractivity contribution in [1.82, 2.24) is 0 Å². The van der Waals surface area contributed by atoms with Gasteiger partial charge >= 0.3 is 0 Å². The summed E-state index contributed by atoms with van der Waals surface area (Å²) in [6, 6.07) is 5.81. The summed E-state index contributed by atoms with van der Waals surface area (Å²) < 4.78 is 5.52. The van der Waals surface area contributed by atoms with Gasteiger partial charge in [-0.15, -0.1) is 0 Å². The largest absolute Gasteiger partial charge is 0.491 e. The van der Waals surface area contributed by atoms with Crippen molar-refractivity contribution in [2.75, 3.05) is 6.61 Å². The summed E-state index contributed by atoms with van der Waals surface area (Å²) in [5.74, 6) is 0.715. The van der Waals surface area contributed by atoms with Crippen LogP contribution in [0.4, 0.5) is 0 Å². The normalized spacial score (nSPS) is 19.9. The Morgan fingerprint density at radius 1 is 1.41 bits per heavy atom. The average Bonchev–Trinajstić information content (AvgIpc) is 2.26. The predicted molar refractivity (Wildman–Crippen MR) is 66.1 cm³/mol. The van der Waals surface area contributed by atoms with Gasteiger partial charge in [-0.3, -0.25) is 0 Å². The minimum absolute atomic E-state index is 0.252. The molecule has 0 radical (unpaired) electrons. The lowest BCUT2D eigenvalue weighted by Gasteiger charge is -2.23. The summed E-state index contributed by atoms with van der Waals surface area (Å²) in [4.78, 5) is 0. The van der Waals surface area contributed by atoms with E-state index >= 15 is 0 Å². The zero-order valence-electron chi connectivity index (χ0n) is 10.4. The van der Waals surface area contributed by atoms with Crippen LogP contribution in [0.2, 0.25) is 0 Å². The van der Waals surface area contributed by atoms with Crippen LogP contribution in [-0.4, -0.2) is 22.4 Å². The minimum atomic E-state index is -0.839. The zero-order chi connectivity index (χ0) is 12.5. The Balaban J connectivity index is 2.12. The molecule has 2 N–H and O–H groups in total. The third-order valence-electron chi connectivity index (χ3n) is 2.99. The molecule has 0 aromatic heterocycles. The number of rotatable bonds is 3. The first kappa shape index (κ1) is 12.4. The van der Waals surface area contributed by atoms with E-state index in [-0.39, 0.29) is 12.7 Å². The maximum atomic E-state index is 9.91. The van der Waals surface area contributed by atoms with E-state index in [4.69, 9.17) is 4.74 Å². The van der Waals surface area contributed by atoms with Gasteiger partial charge in [0.05, 0.1) is 11.7 Å². The molecule has 1 aromatic rings. The van der Waals surface area contributed by atoms with E-state index in [0.29, 0.717) is 5.75 Å². The molecule has 0 spiro atoms. The molecule has 1 aliphatic carbocycles. The van der Waals surface area contributed by atoms with Crippen molar-refractivity contribution in [3.63, 3.8) is 0 Å². The van der Waals surface area contributed by atoms with E-state index in [2.05, 4.69) is 0 Å². The highest BCUT2D eigenvalue weighted by atomic mass is 16.5. The van der Waals surface area contributed by atoms with E-state index < -0.39 is 5.60 Å². The Morgan fingerprint density at radius 3 is 2.88 bits per heavy atom. The van der Waals surface area contributed by atoms with Crippen LogP contribution in [0.1, 0.15) is 43.9 Å². The van der Waals surface area contributed by atoms with Crippen LogP contribution in [0.25, 0.3) is 0 Å². The van der Waals surface area contributed by atoms with Gasteiger partial charge < -0.3 is 14.9 Å². The zero-order valence-corrected chi connectivity index (χ0v) is 10.4. The molecule has 0 unspecified atom stereocenters. The van der Waals surface area contributed by atoms with Crippen molar-refractivity contribution >= 4 is 0 Å². The van der Waals surface area contributed by atoms with Crippen LogP contribution in [0, 0.1) is 0 Å². The lowest BCUT2D eigenvalue weighted by molar-refractivity contribution is 0.0283. The maximum absolute atomic E-state index is 9.91. The fourth-order valence-electron chi connectivity index (χ4n) is 2.10. The van der Waals surface area contributed by atoms with Crippen LogP contribution < -0.4 is 4.74 Å². The van der Waals surface area contributed by atoms with Gasteiger partial charge in [0.2, 0.25) is 0 Å². The maximum Gasteiger partial charge on any atom is 0.119 e. The topological polar surface area (TPSA) is 49.7 Å². The van der Waals surface area contributed by atoms with Crippen LogP contribution in [0.15, 0.2) is 18.2 Å². The molecule has 0 saturated heterocycles. The third kappa shape index (κ3) is 3.20. The van der Waals surface area contributed by atoms with Gasteiger partial charge in [-0.05, 0) is 56.4 Å². The Hall–Kier alpha value is -1.06. The SMILES string of the molecule is CC(C)(O)COc1ccc2c(c1)[C@H](O)CCC2. The molecule has 0 heterocycles. The fraction of sp³-hybridized carbons (Fsp3) is 0.571. The third-order valence-corrected chi connectivity index (χ3v) is 2.99. The molecule has 1 aromatic carbocycles. The first-order valence-electron chi connectivity index (χ1n) is 6.12. The number of hydrogen-bond acceptors (Lipinski definition) is 3. The second-order valence-corrected chi connectivity index (χ2v) is 5.37. The first-order chi connectivity index (χ1) is 7.96. The van der Waals surface area contributed by atoms with Gasteiger partial charge in [0.1, 0.15) is 12.4 Å². The number of aliphatic hydroxyl groups is 2. The summed E-state index contributed by atoms with van der Waals surface area (Å²) in [6.45, 7) is 3.67. The Kier molecular flexibility index (Phi) is 3.40. The quantitative estimate of drug-likeness (QED) is 0.846. The summed E-state index contributed by atoms with van der Waals surface area (Å²) in [5, 5.41) is 19.5. The first-order valence-corrected chi connectivity index (χ1v) is 6.12.